The second-order valence-electron chi connectivity index (χ2n) is 4.18. The molecule has 0 saturated heterocycles. The number of thiophene rings is 1. The van der Waals surface area contributed by atoms with E-state index < -0.39 is 5.60 Å². The first-order valence-corrected chi connectivity index (χ1v) is 6.42. The molecule has 2 heterocycles. The molecule has 94 valence electrons. The van der Waals surface area contributed by atoms with Crippen molar-refractivity contribution < 1.29 is 9.90 Å². The number of hydrogen-bond acceptors (Lipinski definition) is 4. The molecule has 2 N–H and O–H groups in total. The van der Waals surface area contributed by atoms with Crippen LogP contribution in [0.5, 0.6) is 0 Å². The topological polar surface area (TPSA) is 62.2 Å². The second kappa shape index (κ2) is 5.29. The van der Waals surface area contributed by atoms with E-state index in [9.17, 15) is 9.90 Å². The van der Waals surface area contributed by atoms with Gasteiger partial charge >= 0.3 is 0 Å². The molecule has 1 unspecified atom stereocenters. The average Bonchev–Trinajstić information content (AvgIpc) is 2.92. The van der Waals surface area contributed by atoms with E-state index in [1.807, 2.05) is 17.5 Å². The maximum Gasteiger partial charge on any atom is 0.252 e. The van der Waals surface area contributed by atoms with Crippen LogP contribution >= 0.6 is 11.3 Å². The molecule has 0 saturated carbocycles. The maximum atomic E-state index is 11.8. The molecule has 0 fully saturated rings. The molecule has 2 rings (SSSR count). The summed E-state index contributed by atoms with van der Waals surface area (Å²) in [6.07, 6.45) is 3.10. The lowest BCUT2D eigenvalue weighted by atomic mass is 10.1. The average molecular weight is 262 g/mol. The van der Waals surface area contributed by atoms with Gasteiger partial charge in [-0.05, 0) is 30.5 Å². The van der Waals surface area contributed by atoms with Crippen molar-refractivity contribution in [3.8, 4) is 0 Å². The maximum absolute atomic E-state index is 11.8. The molecular formula is C13H14N2O2S. The van der Waals surface area contributed by atoms with Gasteiger partial charge in [-0.25, -0.2) is 0 Å². The third kappa shape index (κ3) is 2.94. The summed E-state index contributed by atoms with van der Waals surface area (Å²) in [4.78, 5) is 16.5. The highest BCUT2D eigenvalue weighted by Crippen LogP contribution is 2.24. The predicted molar refractivity (Wildman–Crippen MR) is 70.5 cm³/mol. The van der Waals surface area contributed by atoms with Crippen LogP contribution in [0.2, 0.25) is 0 Å². The molecule has 18 heavy (non-hydrogen) atoms. The van der Waals surface area contributed by atoms with E-state index in [-0.39, 0.29) is 12.5 Å². The molecule has 2 aromatic rings. The van der Waals surface area contributed by atoms with Crippen LogP contribution in [-0.4, -0.2) is 22.5 Å². The first-order valence-electron chi connectivity index (χ1n) is 5.54. The van der Waals surface area contributed by atoms with Crippen molar-refractivity contribution in [3.63, 3.8) is 0 Å². The van der Waals surface area contributed by atoms with Gasteiger partial charge in [0.25, 0.3) is 5.91 Å². The normalized spacial score (nSPS) is 13.9. The van der Waals surface area contributed by atoms with Gasteiger partial charge < -0.3 is 10.4 Å². The summed E-state index contributed by atoms with van der Waals surface area (Å²) in [6.45, 7) is 1.85. The largest absolute Gasteiger partial charge is 0.383 e. The molecule has 4 nitrogen and oxygen atoms in total. The molecule has 0 aliphatic heterocycles. The van der Waals surface area contributed by atoms with E-state index in [1.54, 1.807) is 25.3 Å². The van der Waals surface area contributed by atoms with Gasteiger partial charge in [0.05, 0.1) is 12.1 Å². The lowest BCUT2D eigenvalue weighted by Crippen LogP contribution is -2.38. The molecule has 1 atom stereocenters. The Kier molecular flexibility index (Phi) is 3.74. The Bertz CT molecular complexity index is 509. The lowest BCUT2D eigenvalue weighted by Gasteiger charge is -2.22. The minimum atomic E-state index is -1.05. The van der Waals surface area contributed by atoms with Crippen molar-refractivity contribution in [2.45, 2.75) is 12.5 Å². The van der Waals surface area contributed by atoms with Crippen LogP contribution in [0.25, 0.3) is 0 Å². The van der Waals surface area contributed by atoms with Gasteiger partial charge in [-0.15, -0.1) is 11.3 Å². The number of hydrogen-bond donors (Lipinski definition) is 2. The summed E-state index contributed by atoms with van der Waals surface area (Å²) in [7, 11) is 0. The number of pyridine rings is 1. The number of nitrogens with one attached hydrogen (secondary N) is 1. The smallest absolute Gasteiger partial charge is 0.252 e. The first kappa shape index (κ1) is 12.7. The van der Waals surface area contributed by atoms with Crippen molar-refractivity contribution in [1.82, 2.24) is 10.3 Å². The van der Waals surface area contributed by atoms with Gasteiger partial charge in [0.15, 0.2) is 0 Å². The number of carbonyl (C=O) groups excluding carboxylic acids is 1. The first-order chi connectivity index (χ1) is 8.59. The van der Waals surface area contributed by atoms with Crippen LogP contribution in [0.3, 0.4) is 0 Å². The molecule has 0 aliphatic carbocycles. The summed E-state index contributed by atoms with van der Waals surface area (Å²) in [5, 5.41) is 14.9. The lowest BCUT2D eigenvalue weighted by molar-refractivity contribution is 0.0556. The second-order valence-corrected chi connectivity index (χ2v) is 5.12. The minimum Gasteiger partial charge on any atom is -0.383 e. The third-order valence-electron chi connectivity index (χ3n) is 2.57. The summed E-state index contributed by atoms with van der Waals surface area (Å²) >= 11 is 1.46. The van der Waals surface area contributed by atoms with Gasteiger partial charge in [-0.2, -0.15) is 0 Å². The summed E-state index contributed by atoms with van der Waals surface area (Å²) < 4.78 is 0. The fraction of sp³-hybridized carbons (Fsp3) is 0.231. The number of aliphatic hydroxyl groups is 1. The van der Waals surface area contributed by atoms with Crippen LogP contribution < -0.4 is 5.32 Å². The fourth-order valence-corrected chi connectivity index (χ4v) is 2.31. The molecule has 0 aromatic carbocycles. The molecular weight excluding hydrogens is 248 g/mol. The van der Waals surface area contributed by atoms with Crippen molar-refractivity contribution >= 4 is 17.2 Å². The van der Waals surface area contributed by atoms with Crippen molar-refractivity contribution in [2.75, 3.05) is 6.54 Å². The Morgan fingerprint density at radius 3 is 2.94 bits per heavy atom. The highest BCUT2D eigenvalue weighted by atomic mass is 32.1. The van der Waals surface area contributed by atoms with Gasteiger partial charge in [0.2, 0.25) is 0 Å². The highest BCUT2D eigenvalue weighted by Gasteiger charge is 2.24. The zero-order chi connectivity index (χ0) is 13.0. The highest BCUT2D eigenvalue weighted by molar-refractivity contribution is 7.10. The van der Waals surface area contributed by atoms with E-state index in [0.29, 0.717) is 5.56 Å². The van der Waals surface area contributed by atoms with Gasteiger partial charge in [-0.1, -0.05) is 6.07 Å². The summed E-state index contributed by atoms with van der Waals surface area (Å²) in [5.41, 5.74) is -0.564. The molecule has 2 aromatic heterocycles. The Labute approximate surface area is 109 Å². The van der Waals surface area contributed by atoms with Gasteiger partial charge in [0.1, 0.15) is 5.60 Å². The standard InChI is InChI=1S/C13H14N2O2S/c1-13(17,11-5-3-7-18-11)9-15-12(16)10-4-2-6-14-8-10/h2-8,17H,9H2,1H3,(H,15,16). The Morgan fingerprint density at radius 1 is 1.50 bits per heavy atom. The van der Waals surface area contributed by atoms with Gasteiger partial charge in [-0.3, -0.25) is 9.78 Å². The number of aromatic nitrogens is 1. The van der Waals surface area contributed by atoms with Crippen molar-refractivity contribution in [1.29, 1.82) is 0 Å². The van der Waals surface area contributed by atoms with E-state index in [0.717, 1.165) is 4.88 Å². The molecule has 1 amide bonds. The number of amides is 1. The van der Waals surface area contributed by atoms with Crippen LogP contribution in [0.15, 0.2) is 42.0 Å². The fourth-order valence-electron chi connectivity index (χ4n) is 1.52. The van der Waals surface area contributed by atoms with E-state index >= 15 is 0 Å². The SMILES string of the molecule is CC(O)(CNC(=O)c1cccnc1)c1cccs1. The Morgan fingerprint density at radius 2 is 2.33 bits per heavy atom. The van der Waals surface area contributed by atoms with Gasteiger partial charge in [0, 0.05) is 17.3 Å². The number of carbonyl (C=O) groups is 1. The van der Waals surface area contributed by atoms with Crippen LogP contribution in [-0.2, 0) is 5.60 Å². The molecule has 0 radical (unpaired) electrons. The minimum absolute atomic E-state index is 0.168. The van der Waals surface area contributed by atoms with Crippen molar-refractivity contribution in [2.24, 2.45) is 0 Å². The number of rotatable bonds is 4. The Balaban J connectivity index is 1.98. The third-order valence-corrected chi connectivity index (χ3v) is 3.69. The van der Waals surface area contributed by atoms with Crippen molar-refractivity contribution in [3.05, 3.63) is 52.5 Å². The summed E-state index contributed by atoms with van der Waals surface area (Å²) in [5.74, 6) is -0.236. The molecule has 0 spiro atoms. The van der Waals surface area contributed by atoms with E-state index in [4.69, 9.17) is 0 Å². The molecule has 0 bridgehead atoms. The summed E-state index contributed by atoms with van der Waals surface area (Å²) in [6, 6.07) is 7.10. The van der Waals surface area contributed by atoms with Crippen LogP contribution in [0, 0.1) is 0 Å². The van der Waals surface area contributed by atoms with Crippen LogP contribution in [0.1, 0.15) is 22.2 Å². The molecule has 5 heteroatoms. The monoisotopic (exact) mass is 262 g/mol. The zero-order valence-electron chi connectivity index (χ0n) is 9.96. The Hall–Kier alpha value is -1.72. The molecule has 0 aliphatic rings. The zero-order valence-corrected chi connectivity index (χ0v) is 10.8. The predicted octanol–water partition coefficient (Wildman–Crippen LogP) is 1.78. The van der Waals surface area contributed by atoms with Crippen LogP contribution in [0.4, 0.5) is 0 Å². The quantitative estimate of drug-likeness (QED) is 0.883. The van der Waals surface area contributed by atoms with E-state index in [1.165, 1.54) is 17.5 Å². The number of nitrogens with zero attached hydrogens (tertiary/aromatic N) is 1. The van der Waals surface area contributed by atoms with E-state index in [2.05, 4.69) is 10.3 Å².